The Morgan fingerprint density at radius 1 is 1.14 bits per heavy atom. The molecule has 122 valence electrons. The van der Waals surface area contributed by atoms with Gasteiger partial charge in [-0.25, -0.2) is 0 Å². The molecule has 0 spiro atoms. The average Bonchev–Trinajstić information content (AvgIpc) is 2.44. The number of amides is 1. The molecule has 0 aliphatic rings. The Labute approximate surface area is 131 Å². The predicted octanol–water partition coefficient (Wildman–Crippen LogP) is 2.74. The maximum atomic E-state index is 11.8. The number of benzene rings is 1. The molecule has 0 atom stereocenters. The first-order valence-electron chi connectivity index (χ1n) is 7.53. The third-order valence-electron chi connectivity index (χ3n) is 3.10. The third kappa shape index (κ3) is 8.42. The minimum Gasteiger partial charge on any atom is -0.481 e. The van der Waals surface area contributed by atoms with E-state index in [1.165, 1.54) is 0 Å². The molecular weight excluding hydrogens is 282 g/mol. The van der Waals surface area contributed by atoms with Crippen LogP contribution in [0.15, 0.2) is 30.3 Å². The molecule has 1 amide bonds. The van der Waals surface area contributed by atoms with E-state index in [9.17, 15) is 9.59 Å². The van der Waals surface area contributed by atoms with Crippen LogP contribution in [0.2, 0.25) is 0 Å². The number of carboxylic acid groups (broad SMARTS) is 1. The molecule has 2 N–H and O–H groups in total. The lowest BCUT2D eigenvalue weighted by Crippen LogP contribution is -2.46. The van der Waals surface area contributed by atoms with Gasteiger partial charge in [0.2, 0.25) is 5.91 Å². The van der Waals surface area contributed by atoms with Crippen LogP contribution in [0.1, 0.15) is 45.1 Å². The zero-order valence-electron chi connectivity index (χ0n) is 13.3. The molecule has 1 aromatic carbocycles. The van der Waals surface area contributed by atoms with E-state index in [2.05, 4.69) is 5.32 Å². The Balaban J connectivity index is 2.21. The molecule has 1 aromatic rings. The van der Waals surface area contributed by atoms with E-state index in [4.69, 9.17) is 9.84 Å². The van der Waals surface area contributed by atoms with Crippen LogP contribution < -0.4 is 5.32 Å². The van der Waals surface area contributed by atoms with Crippen LogP contribution in [-0.4, -0.2) is 29.1 Å². The highest BCUT2D eigenvalue weighted by atomic mass is 16.5. The minimum absolute atomic E-state index is 0.0706. The van der Waals surface area contributed by atoms with E-state index in [0.717, 1.165) is 5.56 Å². The molecule has 0 aliphatic carbocycles. The number of carboxylic acids is 1. The van der Waals surface area contributed by atoms with Gasteiger partial charge in [-0.05, 0) is 32.3 Å². The number of carbonyl (C=O) groups is 2. The van der Waals surface area contributed by atoms with Gasteiger partial charge in [0.25, 0.3) is 0 Å². The number of aliphatic carboxylic acids is 1. The fourth-order valence-electron chi connectivity index (χ4n) is 2.04. The summed E-state index contributed by atoms with van der Waals surface area (Å²) in [6, 6.07) is 9.87. The predicted molar refractivity (Wildman–Crippen MR) is 84.4 cm³/mol. The van der Waals surface area contributed by atoms with E-state index in [0.29, 0.717) is 32.5 Å². The van der Waals surface area contributed by atoms with Crippen molar-refractivity contribution in [1.29, 1.82) is 0 Å². The van der Waals surface area contributed by atoms with Crippen molar-refractivity contribution in [3.05, 3.63) is 35.9 Å². The monoisotopic (exact) mass is 307 g/mol. The SMILES string of the molecule is CC(C)(COCc1ccccc1)NC(=O)CCCCC(=O)O. The molecule has 0 aromatic heterocycles. The number of carbonyl (C=O) groups excluding carboxylic acids is 1. The van der Waals surface area contributed by atoms with Crippen molar-refractivity contribution in [3.8, 4) is 0 Å². The summed E-state index contributed by atoms with van der Waals surface area (Å²) < 4.78 is 5.65. The van der Waals surface area contributed by atoms with Crippen LogP contribution in [0, 0.1) is 0 Å². The number of hydrogen-bond donors (Lipinski definition) is 2. The van der Waals surface area contributed by atoms with Gasteiger partial charge in [0.1, 0.15) is 0 Å². The number of hydrogen-bond acceptors (Lipinski definition) is 3. The highest BCUT2D eigenvalue weighted by molar-refractivity contribution is 5.76. The first-order valence-corrected chi connectivity index (χ1v) is 7.53. The molecule has 0 saturated heterocycles. The van der Waals surface area contributed by atoms with Gasteiger partial charge >= 0.3 is 5.97 Å². The molecular formula is C17H25NO4. The Morgan fingerprint density at radius 2 is 1.77 bits per heavy atom. The summed E-state index contributed by atoms with van der Waals surface area (Å²) in [5.74, 6) is -0.895. The molecule has 0 fully saturated rings. The number of unbranched alkanes of at least 4 members (excludes halogenated alkanes) is 1. The lowest BCUT2D eigenvalue weighted by Gasteiger charge is -2.26. The number of nitrogens with one attached hydrogen (secondary N) is 1. The summed E-state index contributed by atoms with van der Waals surface area (Å²) in [6.07, 6.45) is 1.55. The van der Waals surface area contributed by atoms with Crippen LogP contribution in [0.5, 0.6) is 0 Å². The summed E-state index contributed by atoms with van der Waals surface area (Å²) in [5.41, 5.74) is 0.650. The van der Waals surface area contributed by atoms with Crippen LogP contribution in [0.4, 0.5) is 0 Å². The molecule has 22 heavy (non-hydrogen) atoms. The highest BCUT2D eigenvalue weighted by Gasteiger charge is 2.20. The number of rotatable bonds is 10. The average molecular weight is 307 g/mol. The fraction of sp³-hybridized carbons (Fsp3) is 0.529. The lowest BCUT2D eigenvalue weighted by atomic mass is 10.1. The van der Waals surface area contributed by atoms with Crippen LogP contribution >= 0.6 is 0 Å². The molecule has 0 saturated carbocycles. The van der Waals surface area contributed by atoms with Crippen molar-refractivity contribution < 1.29 is 19.4 Å². The third-order valence-corrected chi connectivity index (χ3v) is 3.10. The normalized spacial score (nSPS) is 11.2. The first kappa shape index (κ1) is 18.2. The Hall–Kier alpha value is -1.88. The minimum atomic E-state index is -0.824. The summed E-state index contributed by atoms with van der Waals surface area (Å²) in [4.78, 5) is 22.2. The van der Waals surface area contributed by atoms with E-state index >= 15 is 0 Å². The second kappa shape index (κ2) is 9.20. The summed E-state index contributed by atoms with van der Waals surface area (Å²) in [5, 5.41) is 11.5. The Morgan fingerprint density at radius 3 is 2.41 bits per heavy atom. The van der Waals surface area contributed by atoms with Crippen LogP contribution in [0.25, 0.3) is 0 Å². The molecule has 1 rings (SSSR count). The van der Waals surface area contributed by atoms with Crippen LogP contribution in [0.3, 0.4) is 0 Å². The molecule has 0 aliphatic heterocycles. The topological polar surface area (TPSA) is 75.6 Å². The summed E-state index contributed by atoms with van der Waals surface area (Å²) >= 11 is 0. The summed E-state index contributed by atoms with van der Waals surface area (Å²) in [6.45, 7) is 4.75. The maximum Gasteiger partial charge on any atom is 0.303 e. The maximum absolute atomic E-state index is 11.8. The van der Waals surface area contributed by atoms with Gasteiger partial charge in [0.15, 0.2) is 0 Å². The second-order valence-corrected chi connectivity index (χ2v) is 6.01. The summed E-state index contributed by atoms with van der Waals surface area (Å²) in [7, 11) is 0. The van der Waals surface area contributed by atoms with E-state index < -0.39 is 11.5 Å². The van der Waals surface area contributed by atoms with Gasteiger partial charge in [0, 0.05) is 12.8 Å². The Kier molecular flexibility index (Phi) is 7.60. The van der Waals surface area contributed by atoms with Gasteiger partial charge in [-0.3, -0.25) is 9.59 Å². The van der Waals surface area contributed by atoms with Gasteiger partial charge in [0.05, 0.1) is 18.8 Å². The smallest absolute Gasteiger partial charge is 0.303 e. The van der Waals surface area contributed by atoms with Crippen molar-refractivity contribution in [2.24, 2.45) is 0 Å². The van der Waals surface area contributed by atoms with Gasteiger partial charge in [-0.1, -0.05) is 30.3 Å². The van der Waals surface area contributed by atoms with Crippen molar-refractivity contribution >= 4 is 11.9 Å². The van der Waals surface area contributed by atoms with Gasteiger partial charge < -0.3 is 15.2 Å². The van der Waals surface area contributed by atoms with E-state index in [-0.39, 0.29) is 12.3 Å². The van der Waals surface area contributed by atoms with E-state index in [1.807, 2.05) is 44.2 Å². The molecule has 0 heterocycles. The first-order chi connectivity index (χ1) is 10.4. The van der Waals surface area contributed by atoms with Crippen molar-refractivity contribution in [3.63, 3.8) is 0 Å². The molecule has 0 unspecified atom stereocenters. The lowest BCUT2D eigenvalue weighted by molar-refractivity contribution is -0.137. The highest BCUT2D eigenvalue weighted by Crippen LogP contribution is 2.08. The van der Waals surface area contributed by atoms with Gasteiger partial charge in [-0.2, -0.15) is 0 Å². The van der Waals surface area contributed by atoms with Crippen molar-refractivity contribution in [2.75, 3.05) is 6.61 Å². The molecule has 0 bridgehead atoms. The van der Waals surface area contributed by atoms with Crippen molar-refractivity contribution in [1.82, 2.24) is 5.32 Å². The fourth-order valence-corrected chi connectivity index (χ4v) is 2.04. The standard InChI is InChI=1S/C17H25NO4/c1-17(2,13-22-12-14-8-4-3-5-9-14)18-15(19)10-6-7-11-16(20)21/h3-5,8-9H,6-7,10-13H2,1-2H3,(H,18,19)(H,20,21). The largest absolute Gasteiger partial charge is 0.481 e. The molecule has 0 radical (unpaired) electrons. The molecule has 5 nitrogen and oxygen atoms in total. The van der Waals surface area contributed by atoms with E-state index in [1.54, 1.807) is 0 Å². The van der Waals surface area contributed by atoms with Gasteiger partial charge in [-0.15, -0.1) is 0 Å². The second-order valence-electron chi connectivity index (χ2n) is 6.01. The molecule has 5 heteroatoms. The van der Waals surface area contributed by atoms with Crippen molar-refractivity contribution in [2.45, 2.75) is 51.7 Å². The number of ether oxygens (including phenoxy) is 1. The Bertz CT molecular complexity index is 471. The zero-order valence-corrected chi connectivity index (χ0v) is 13.3. The van der Waals surface area contributed by atoms with Crippen LogP contribution in [-0.2, 0) is 20.9 Å². The quantitative estimate of drug-likeness (QED) is 0.652. The zero-order chi connectivity index (χ0) is 16.4.